The molecule has 0 saturated carbocycles. The zero-order valence-electron chi connectivity index (χ0n) is 12.6. The van der Waals surface area contributed by atoms with Gasteiger partial charge in [-0.05, 0) is 23.6 Å². The van der Waals surface area contributed by atoms with Crippen molar-refractivity contribution in [2.45, 2.75) is 18.1 Å². The Bertz CT molecular complexity index is 725. The van der Waals surface area contributed by atoms with E-state index in [2.05, 4.69) is 79.7 Å². The lowest BCUT2D eigenvalue weighted by molar-refractivity contribution is 0.289. The molecule has 0 aliphatic carbocycles. The molecule has 0 N–H and O–H groups in total. The topological polar surface area (TPSA) is 12.5 Å². The minimum Gasteiger partial charge on any atom is -0.347 e. The summed E-state index contributed by atoms with van der Waals surface area (Å²) in [5.74, 6) is 0. The summed E-state index contributed by atoms with van der Waals surface area (Å²) >= 11 is 0. The van der Waals surface area contributed by atoms with E-state index < -0.39 is 5.60 Å². The summed E-state index contributed by atoms with van der Waals surface area (Å²) in [4.78, 5) is 0. The van der Waals surface area contributed by atoms with Crippen LogP contribution in [-0.2, 0) is 15.9 Å². The molecule has 1 aliphatic rings. The summed E-state index contributed by atoms with van der Waals surface area (Å²) in [6, 6.07) is 31.5. The fourth-order valence-corrected chi connectivity index (χ4v) is 3.48. The highest BCUT2D eigenvalue weighted by Gasteiger charge is 2.69. The molecular weight excluding hydrogens is 268 g/mol. The van der Waals surface area contributed by atoms with Gasteiger partial charge in [0.05, 0.1) is 0 Å². The summed E-state index contributed by atoms with van der Waals surface area (Å²) in [6.07, 6.45) is 0. The van der Waals surface area contributed by atoms with Crippen LogP contribution in [-0.4, -0.2) is 0 Å². The molecule has 0 radical (unpaired) electrons. The summed E-state index contributed by atoms with van der Waals surface area (Å²) in [5, 5.41) is 0. The molecule has 1 atom stereocenters. The molecule has 3 aromatic carbocycles. The van der Waals surface area contributed by atoms with Crippen LogP contribution in [0.25, 0.3) is 0 Å². The van der Waals surface area contributed by atoms with Gasteiger partial charge in [0.15, 0.2) is 5.60 Å². The van der Waals surface area contributed by atoms with E-state index in [-0.39, 0.29) is 5.60 Å². The molecule has 0 spiro atoms. The monoisotopic (exact) mass is 286 g/mol. The number of ether oxygens (including phenoxy) is 1. The molecule has 0 amide bonds. The summed E-state index contributed by atoms with van der Waals surface area (Å²) < 4.78 is 6.45. The number of rotatable bonds is 3. The zero-order chi connectivity index (χ0) is 15.0. The Balaban J connectivity index is 1.91. The molecule has 1 aliphatic heterocycles. The smallest absolute Gasteiger partial charge is 0.152 e. The SMILES string of the molecule is C[C@]1(c2ccccc2)OC1(c1ccccc1)c1ccccc1. The molecule has 22 heavy (non-hydrogen) atoms. The quantitative estimate of drug-likeness (QED) is 0.625. The summed E-state index contributed by atoms with van der Waals surface area (Å²) in [5.41, 5.74) is 2.87. The van der Waals surface area contributed by atoms with E-state index in [9.17, 15) is 0 Å². The molecule has 1 nitrogen and oxygen atoms in total. The van der Waals surface area contributed by atoms with E-state index in [1.165, 1.54) is 16.7 Å². The molecule has 4 rings (SSSR count). The third kappa shape index (κ3) is 1.76. The largest absolute Gasteiger partial charge is 0.347 e. The van der Waals surface area contributed by atoms with Crippen molar-refractivity contribution in [3.05, 3.63) is 108 Å². The fourth-order valence-electron chi connectivity index (χ4n) is 3.48. The fraction of sp³-hybridized carbons (Fsp3) is 0.143. The van der Waals surface area contributed by atoms with Crippen LogP contribution >= 0.6 is 0 Å². The number of benzene rings is 3. The average molecular weight is 286 g/mol. The van der Waals surface area contributed by atoms with E-state index in [4.69, 9.17) is 4.74 Å². The van der Waals surface area contributed by atoms with Gasteiger partial charge in [-0.3, -0.25) is 0 Å². The predicted molar refractivity (Wildman–Crippen MR) is 88.5 cm³/mol. The Labute approximate surface area is 131 Å². The maximum Gasteiger partial charge on any atom is 0.152 e. The maximum atomic E-state index is 6.45. The molecule has 0 aromatic heterocycles. The Morgan fingerprint density at radius 3 is 1.32 bits per heavy atom. The number of hydrogen-bond acceptors (Lipinski definition) is 1. The van der Waals surface area contributed by atoms with Crippen molar-refractivity contribution in [1.29, 1.82) is 0 Å². The molecule has 0 unspecified atom stereocenters. The summed E-state index contributed by atoms with van der Waals surface area (Å²) in [7, 11) is 0. The van der Waals surface area contributed by atoms with Crippen molar-refractivity contribution in [2.24, 2.45) is 0 Å². The first kappa shape index (κ1) is 13.3. The van der Waals surface area contributed by atoms with E-state index in [1.807, 2.05) is 18.2 Å². The van der Waals surface area contributed by atoms with E-state index in [1.54, 1.807) is 0 Å². The summed E-state index contributed by atoms with van der Waals surface area (Å²) in [6.45, 7) is 2.18. The highest BCUT2D eigenvalue weighted by Crippen LogP contribution is 2.65. The van der Waals surface area contributed by atoms with Crippen LogP contribution in [0.15, 0.2) is 91.0 Å². The molecule has 0 bridgehead atoms. The lowest BCUT2D eigenvalue weighted by Gasteiger charge is -2.19. The van der Waals surface area contributed by atoms with Crippen LogP contribution in [0.4, 0.5) is 0 Å². The van der Waals surface area contributed by atoms with Crippen LogP contribution in [0, 0.1) is 0 Å². The van der Waals surface area contributed by atoms with Crippen LogP contribution in [0.5, 0.6) is 0 Å². The Morgan fingerprint density at radius 2 is 0.909 bits per heavy atom. The average Bonchev–Trinajstić information content (AvgIpc) is 3.26. The molecule has 1 heterocycles. The standard InChI is InChI=1S/C21H18O/c1-20(17-11-5-2-6-12-17)21(22-20,18-13-7-3-8-14-18)19-15-9-4-10-16-19/h2-16H,1H3/t20-/m1/s1. The molecule has 1 heteroatoms. The first-order chi connectivity index (χ1) is 10.8. The van der Waals surface area contributed by atoms with Gasteiger partial charge in [0.2, 0.25) is 0 Å². The Hall–Kier alpha value is -2.38. The van der Waals surface area contributed by atoms with Crippen LogP contribution in [0.1, 0.15) is 23.6 Å². The van der Waals surface area contributed by atoms with Crippen molar-refractivity contribution in [2.75, 3.05) is 0 Å². The minimum absolute atomic E-state index is 0.336. The van der Waals surface area contributed by atoms with Crippen molar-refractivity contribution >= 4 is 0 Å². The van der Waals surface area contributed by atoms with Gasteiger partial charge in [-0.1, -0.05) is 91.0 Å². The maximum absolute atomic E-state index is 6.45. The molecular formula is C21H18O. The van der Waals surface area contributed by atoms with Gasteiger partial charge in [-0.15, -0.1) is 0 Å². The molecule has 3 aromatic rings. The lowest BCUT2D eigenvalue weighted by atomic mass is 9.78. The van der Waals surface area contributed by atoms with E-state index >= 15 is 0 Å². The molecule has 108 valence electrons. The van der Waals surface area contributed by atoms with Crippen molar-refractivity contribution in [3.63, 3.8) is 0 Å². The van der Waals surface area contributed by atoms with Gasteiger partial charge in [-0.2, -0.15) is 0 Å². The van der Waals surface area contributed by atoms with Crippen LogP contribution in [0.2, 0.25) is 0 Å². The van der Waals surface area contributed by atoms with Gasteiger partial charge < -0.3 is 4.74 Å². The highest BCUT2D eigenvalue weighted by atomic mass is 16.6. The Kier molecular flexibility index (Phi) is 2.91. The minimum atomic E-state index is -0.406. The van der Waals surface area contributed by atoms with Gasteiger partial charge in [0.25, 0.3) is 0 Å². The van der Waals surface area contributed by atoms with Gasteiger partial charge in [0.1, 0.15) is 5.60 Å². The van der Waals surface area contributed by atoms with Gasteiger partial charge in [0, 0.05) is 0 Å². The zero-order valence-corrected chi connectivity index (χ0v) is 12.6. The third-order valence-corrected chi connectivity index (χ3v) is 4.67. The van der Waals surface area contributed by atoms with E-state index in [0.29, 0.717) is 0 Å². The van der Waals surface area contributed by atoms with E-state index in [0.717, 1.165) is 0 Å². The van der Waals surface area contributed by atoms with Crippen molar-refractivity contribution < 1.29 is 4.74 Å². The number of epoxide rings is 1. The second-order valence-electron chi connectivity index (χ2n) is 5.91. The first-order valence-corrected chi connectivity index (χ1v) is 7.64. The number of hydrogen-bond donors (Lipinski definition) is 0. The normalized spacial score (nSPS) is 22.2. The van der Waals surface area contributed by atoms with Gasteiger partial charge >= 0.3 is 0 Å². The highest BCUT2D eigenvalue weighted by molar-refractivity contribution is 5.50. The first-order valence-electron chi connectivity index (χ1n) is 7.64. The molecule has 1 fully saturated rings. The van der Waals surface area contributed by atoms with Crippen molar-refractivity contribution in [3.8, 4) is 0 Å². The second-order valence-corrected chi connectivity index (χ2v) is 5.91. The Morgan fingerprint density at radius 1 is 0.545 bits per heavy atom. The van der Waals surface area contributed by atoms with Crippen molar-refractivity contribution in [1.82, 2.24) is 0 Å². The predicted octanol–water partition coefficient (Wildman–Crippen LogP) is 4.88. The lowest BCUT2D eigenvalue weighted by Crippen LogP contribution is -2.21. The second kappa shape index (κ2) is 4.82. The third-order valence-electron chi connectivity index (χ3n) is 4.67. The van der Waals surface area contributed by atoms with Crippen LogP contribution < -0.4 is 0 Å². The van der Waals surface area contributed by atoms with Gasteiger partial charge in [-0.25, -0.2) is 0 Å². The molecule has 1 saturated heterocycles. The van der Waals surface area contributed by atoms with Crippen LogP contribution in [0.3, 0.4) is 0 Å².